The minimum Gasteiger partial charge on any atom is -0.461 e. The highest BCUT2D eigenvalue weighted by atomic mass is 33.1. The molecule has 0 radical (unpaired) electrons. The Morgan fingerprint density at radius 1 is 0.784 bits per heavy atom. The number of allylic oxidation sites excluding steroid dienone is 4. The van der Waals surface area contributed by atoms with Crippen molar-refractivity contribution in [1.82, 2.24) is 5.32 Å². The largest absolute Gasteiger partial charge is 0.461 e. The minimum atomic E-state index is -2.51. The Labute approximate surface area is 604 Å². The van der Waals surface area contributed by atoms with Gasteiger partial charge in [0.05, 0.1) is 54.6 Å². The number of benzene rings is 3. The second-order valence-electron chi connectivity index (χ2n) is 30.2. The third-order valence-electron chi connectivity index (χ3n) is 23.5. The van der Waals surface area contributed by atoms with Gasteiger partial charge in [-0.25, -0.2) is 9.59 Å². The summed E-state index contributed by atoms with van der Waals surface area (Å²) in [6, 6.07) is 22.8. The van der Waals surface area contributed by atoms with Crippen LogP contribution in [0.2, 0.25) is 0 Å². The topological polar surface area (TPSA) is 294 Å². The Morgan fingerprint density at radius 2 is 1.43 bits per heavy atom. The number of rotatable bonds is 24. The molecule has 1 aliphatic heterocycles. The van der Waals surface area contributed by atoms with E-state index in [1.807, 2.05) is 0 Å². The number of carbonyl (C=O) groups excluding carboxylic acids is 8. The third-order valence-corrected chi connectivity index (χ3v) is 25.9. The van der Waals surface area contributed by atoms with E-state index in [1.165, 1.54) is 53.1 Å². The Hall–Kier alpha value is -7.18. The molecule has 1 heterocycles. The van der Waals surface area contributed by atoms with Gasteiger partial charge in [0.25, 0.3) is 5.91 Å². The molecule has 548 valence electrons. The molecule has 18 atom stereocenters. The Morgan fingerprint density at radius 3 is 2.06 bits per heavy atom. The van der Waals surface area contributed by atoms with E-state index in [0.29, 0.717) is 41.6 Å². The first kappa shape index (κ1) is 76.0. The molecule has 7 fully saturated rings. The smallest absolute Gasteiger partial charge is 0.338 e. The highest BCUT2D eigenvalue weighted by Crippen LogP contribution is 2.66. The number of aliphatic hydroxyl groups is 4. The lowest BCUT2D eigenvalue weighted by atomic mass is 9.44. The van der Waals surface area contributed by atoms with Crippen LogP contribution < -0.4 is 5.32 Å². The van der Waals surface area contributed by atoms with Crippen LogP contribution in [0.15, 0.2) is 150 Å². The average Bonchev–Trinajstić information content (AvgIpc) is 0.809. The lowest BCUT2D eigenvalue weighted by Gasteiger charge is -2.67. The van der Waals surface area contributed by atoms with Gasteiger partial charge in [0.2, 0.25) is 0 Å². The second kappa shape index (κ2) is 31.3. The summed E-state index contributed by atoms with van der Waals surface area (Å²) in [5, 5.41) is 49.9. The molecule has 3 aromatic carbocycles. The van der Waals surface area contributed by atoms with Crippen LogP contribution in [0.25, 0.3) is 0 Å². The molecular formula is C80H97NO19S2. The van der Waals surface area contributed by atoms with Crippen LogP contribution in [0.4, 0.5) is 0 Å². The van der Waals surface area contributed by atoms with Crippen molar-refractivity contribution in [2.24, 2.45) is 45.8 Å². The molecule has 0 aromatic heterocycles. The van der Waals surface area contributed by atoms with Crippen LogP contribution in [0, 0.1) is 45.8 Å². The number of ketones is 1. The van der Waals surface area contributed by atoms with E-state index in [0.717, 1.165) is 64.4 Å². The van der Waals surface area contributed by atoms with E-state index in [2.05, 4.69) is 50.0 Å². The molecule has 6 saturated carbocycles. The van der Waals surface area contributed by atoms with Gasteiger partial charge < -0.3 is 58.9 Å². The third kappa shape index (κ3) is 15.3. The SMILES string of the molecule is C=C1/C(=C\C=C2/CCC[C@@]3(C)C2CCC3[C@@H](C)/C=C/C(OC(=O)CCSSCCC(=O)OC2CC3OCC3(OC(C)=O)C3C(OC(=O)c4ccccc4)C4(O)CC(OC(=O)C(O)C(NC(=O)c5ccccc5)c5ccccc5)C(C)=C(C(OC(C)=O)C(=O)C23C)C4(C)C)C2CC2)C[C@@H](O)C[C@@H]1O. The molecule has 20 nitrogen and oxygen atoms in total. The second-order valence-corrected chi connectivity index (χ2v) is 32.9. The zero-order valence-corrected chi connectivity index (χ0v) is 61.0. The molecule has 3 aromatic rings. The summed E-state index contributed by atoms with van der Waals surface area (Å²) < 4.78 is 44.1. The van der Waals surface area contributed by atoms with Gasteiger partial charge in [-0.15, -0.1) is 0 Å². The molecular weight excluding hydrogens is 1340 g/mol. The van der Waals surface area contributed by atoms with E-state index in [9.17, 15) is 54.0 Å². The van der Waals surface area contributed by atoms with Crippen LogP contribution in [0.1, 0.15) is 171 Å². The van der Waals surface area contributed by atoms with Crippen LogP contribution in [0.5, 0.6) is 0 Å². The molecule has 0 spiro atoms. The first-order valence-electron chi connectivity index (χ1n) is 35.8. The number of ether oxygens (including phenoxy) is 7. The predicted molar refractivity (Wildman–Crippen MR) is 381 cm³/mol. The van der Waals surface area contributed by atoms with E-state index < -0.39 is 131 Å². The van der Waals surface area contributed by atoms with Gasteiger partial charge in [-0.3, -0.25) is 28.8 Å². The van der Waals surface area contributed by atoms with E-state index in [1.54, 1.807) is 92.7 Å². The van der Waals surface area contributed by atoms with Gasteiger partial charge >= 0.3 is 35.8 Å². The van der Waals surface area contributed by atoms with Crippen molar-refractivity contribution in [3.63, 3.8) is 0 Å². The molecule has 1 amide bonds. The summed E-state index contributed by atoms with van der Waals surface area (Å²) in [7, 11) is 2.72. The zero-order valence-electron chi connectivity index (χ0n) is 59.4. The Kier molecular flexibility index (Phi) is 23.3. The maximum Gasteiger partial charge on any atom is 0.338 e. The molecule has 8 aliphatic rings. The van der Waals surface area contributed by atoms with Crippen LogP contribution in [-0.4, -0.2) is 152 Å². The van der Waals surface area contributed by atoms with Gasteiger partial charge in [0.1, 0.15) is 36.1 Å². The summed E-state index contributed by atoms with van der Waals surface area (Å²) in [5.74, 6) is -6.32. The molecule has 7 aliphatic carbocycles. The van der Waals surface area contributed by atoms with Crippen molar-refractivity contribution < 1.29 is 91.9 Å². The summed E-state index contributed by atoms with van der Waals surface area (Å²) in [5.41, 5.74) is -4.56. The molecule has 1 saturated heterocycles. The normalized spacial score (nSPS) is 32.9. The maximum atomic E-state index is 16.5. The standard InChI is InChI=1S/C80H97NO19S2/c1-45(57-32-33-58-50(26-19-37-77(57,58)8)28-31-55-40-56(84)41-59(85)46(55)2)27-34-60(51-29-30-51)96-64(86)35-38-101-102-39-36-65(87)98-62-42-63-79(44-94-63,100-49(5)83)70-72(99-74(91)54-24-17-12-18-25-54)80(93)43-61(47(3)66(76(80,6)7)69(95-48(4)82)71(89)78(62,70)9)97-75(92)68(88)67(52-20-13-10-14-21-52)81-73(90)53-22-15-11-16-23-53/h10-18,20-25,27-28,31,34,45,51,56-63,67-70,72,84-85,88,93H,2,19,26,29-30,32-33,35-44H2,1,3-9H3,(H,81,90)/b34-27+,50-28+,55-31-/t45-,56+,57?,58?,59-,60?,61?,62?,63?,67?,68?,69?,70?,72?,77+,78?,79?,80?/m0/s1. The lowest BCUT2D eigenvalue weighted by Crippen LogP contribution is -2.82. The summed E-state index contributed by atoms with van der Waals surface area (Å²) in [4.78, 5) is 115. The van der Waals surface area contributed by atoms with Gasteiger partial charge in [-0.05, 0) is 152 Å². The summed E-state index contributed by atoms with van der Waals surface area (Å²) >= 11 is 0. The van der Waals surface area contributed by atoms with Crippen LogP contribution in [0.3, 0.4) is 0 Å². The number of amides is 1. The van der Waals surface area contributed by atoms with Crippen LogP contribution >= 0.6 is 21.6 Å². The Balaban J connectivity index is 0.798. The lowest BCUT2D eigenvalue weighted by molar-refractivity contribution is -0.346. The quantitative estimate of drug-likeness (QED) is 0.0183. The van der Waals surface area contributed by atoms with E-state index >= 15 is 4.79 Å². The van der Waals surface area contributed by atoms with E-state index in [-0.39, 0.29) is 83.2 Å². The van der Waals surface area contributed by atoms with Crippen molar-refractivity contribution in [2.45, 2.75) is 211 Å². The number of nitrogens with one attached hydrogen (secondary N) is 1. The minimum absolute atomic E-state index is 0.0260. The van der Waals surface area contributed by atoms with Crippen LogP contribution in [-0.2, 0) is 61.9 Å². The van der Waals surface area contributed by atoms with Crippen molar-refractivity contribution in [1.29, 1.82) is 0 Å². The highest BCUT2D eigenvalue weighted by molar-refractivity contribution is 8.76. The number of Topliss-reactive ketones (excluding diaryl/α,β-unsaturated/α-hetero) is 1. The number of carbonyl (C=O) groups is 8. The maximum absolute atomic E-state index is 16.5. The number of aliphatic hydroxyl groups excluding tert-OH is 3. The fourth-order valence-corrected chi connectivity index (χ4v) is 19.8. The van der Waals surface area contributed by atoms with Crippen molar-refractivity contribution >= 4 is 69.1 Å². The highest BCUT2D eigenvalue weighted by Gasteiger charge is 2.79. The molecule has 102 heavy (non-hydrogen) atoms. The molecule has 14 unspecified atom stereocenters. The molecule has 22 heteroatoms. The first-order chi connectivity index (χ1) is 48.5. The van der Waals surface area contributed by atoms with Crippen molar-refractivity contribution in [3.8, 4) is 0 Å². The van der Waals surface area contributed by atoms with Gasteiger partial charge in [0.15, 0.2) is 23.6 Å². The number of esters is 6. The van der Waals surface area contributed by atoms with Gasteiger partial charge in [0, 0.05) is 55.6 Å². The van der Waals surface area contributed by atoms with Gasteiger partial charge in [-0.1, -0.05) is 146 Å². The summed E-state index contributed by atoms with van der Waals surface area (Å²) in [6.07, 6.45) is 4.05. The van der Waals surface area contributed by atoms with E-state index in [4.69, 9.17) is 33.2 Å². The fraction of sp³-hybridized carbons (Fsp3) is 0.550. The average molecular weight is 1440 g/mol. The van der Waals surface area contributed by atoms with Crippen molar-refractivity contribution in [2.75, 3.05) is 18.1 Å². The Bertz CT molecular complexity index is 3790. The molecule has 2 bridgehead atoms. The zero-order chi connectivity index (χ0) is 73.2. The predicted octanol–water partition coefficient (Wildman–Crippen LogP) is 11.1. The molecule has 5 N–H and O–H groups in total. The molecule has 11 rings (SSSR count). The summed E-state index contributed by atoms with van der Waals surface area (Å²) in [6.45, 7) is 16.8. The first-order valence-corrected chi connectivity index (χ1v) is 38.3. The monoisotopic (exact) mass is 1440 g/mol. The number of hydrogen-bond donors (Lipinski definition) is 5. The number of hydrogen-bond acceptors (Lipinski definition) is 21. The van der Waals surface area contributed by atoms with Crippen molar-refractivity contribution in [3.05, 3.63) is 166 Å². The number of fused-ring (bicyclic) bond motifs is 6. The van der Waals surface area contributed by atoms with Gasteiger partial charge in [-0.2, -0.15) is 0 Å². The fourth-order valence-electron chi connectivity index (χ4n) is 17.9.